The second-order valence-corrected chi connectivity index (χ2v) is 6.22. The van der Waals surface area contributed by atoms with Crippen molar-refractivity contribution in [2.45, 2.75) is 33.6 Å². The van der Waals surface area contributed by atoms with Gasteiger partial charge in [-0.2, -0.15) is 0 Å². The van der Waals surface area contributed by atoms with E-state index in [1.54, 1.807) is 19.2 Å². The maximum Gasteiger partial charge on any atom is 0.339 e. The molecule has 0 saturated carbocycles. The zero-order valence-electron chi connectivity index (χ0n) is 16.3. The summed E-state index contributed by atoms with van der Waals surface area (Å²) in [5.41, 5.74) is 1.28. The minimum atomic E-state index is -0.451. The molecule has 0 saturated heterocycles. The molecule has 2 aromatic rings. The van der Waals surface area contributed by atoms with Crippen molar-refractivity contribution < 1.29 is 18.7 Å². The largest absolute Gasteiger partial charge is 0.497 e. The number of nitrogens with one attached hydrogen (secondary N) is 1. The number of nitrogens with zero attached hydrogens (tertiary/aromatic N) is 1. The molecule has 1 N–H and O–H groups in total. The summed E-state index contributed by atoms with van der Waals surface area (Å²) >= 11 is 0. The first-order valence-corrected chi connectivity index (χ1v) is 9.06. The van der Waals surface area contributed by atoms with Crippen molar-refractivity contribution in [1.29, 1.82) is 0 Å². The highest BCUT2D eigenvalue weighted by atomic mass is 16.5. The van der Waals surface area contributed by atoms with Gasteiger partial charge in [0, 0.05) is 36.5 Å². The van der Waals surface area contributed by atoms with Crippen LogP contribution in [0.5, 0.6) is 5.75 Å². The second kappa shape index (κ2) is 9.21. The number of likely N-dealkylation sites (N-methyl/N-ethyl adjacent to an activating group) is 2. The number of methoxy groups -OCH3 is 1. The van der Waals surface area contributed by atoms with Gasteiger partial charge in [-0.15, -0.1) is 0 Å². The third-order valence-corrected chi connectivity index (χ3v) is 4.53. The van der Waals surface area contributed by atoms with Gasteiger partial charge in [0.2, 0.25) is 11.8 Å². The molecule has 0 spiro atoms. The normalized spacial score (nSPS) is 10.7. The van der Waals surface area contributed by atoms with Gasteiger partial charge in [-0.25, -0.2) is 4.79 Å². The Morgan fingerprint density at radius 3 is 2.63 bits per heavy atom. The van der Waals surface area contributed by atoms with E-state index in [1.165, 1.54) is 4.90 Å². The van der Waals surface area contributed by atoms with E-state index in [0.717, 1.165) is 10.9 Å². The Hall–Kier alpha value is -2.83. The third kappa shape index (κ3) is 4.87. The predicted molar refractivity (Wildman–Crippen MR) is 103 cm³/mol. The van der Waals surface area contributed by atoms with Crippen molar-refractivity contribution in [1.82, 2.24) is 10.2 Å². The SMILES string of the molecule is CCNC(=O)CN(CC)C(=O)CCc1c(C)c2ccc(OC)cc2oc1=O. The van der Waals surface area contributed by atoms with E-state index in [0.29, 0.717) is 30.0 Å². The first-order valence-electron chi connectivity index (χ1n) is 9.06. The van der Waals surface area contributed by atoms with Crippen LogP contribution in [0.15, 0.2) is 27.4 Å². The monoisotopic (exact) mass is 374 g/mol. The van der Waals surface area contributed by atoms with Gasteiger partial charge >= 0.3 is 5.63 Å². The van der Waals surface area contributed by atoms with Crippen molar-refractivity contribution in [3.63, 3.8) is 0 Å². The van der Waals surface area contributed by atoms with Gasteiger partial charge in [-0.1, -0.05) is 0 Å². The van der Waals surface area contributed by atoms with Gasteiger partial charge in [0.1, 0.15) is 11.3 Å². The third-order valence-electron chi connectivity index (χ3n) is 4.53. The van der Waals surface area contributed by atoms with E-state index in [1.807, 2.05) is 26.8 Å². The molecule has 1 aromatic carbocycles. The van der Waals surface area contributed by atoms with Crippen LogP contribution in [0, 0.1) is 6.92 Å². The van der Waals surface area contributed by atoms with E-state index < -0.39 is 5.63 Å². The number of hydrogen-bond donors (Lipinski definition) is 1. The highest BCUT2D eigenvalue weighted by molar-refractivity contribution is 5.85. The lowest BCUT2D eigenvalue weighted by atomic mass is 10.0. The van der Waals surface area contributed by atoms with Crippen LogP contribution in [-0.2, 0) is 16.0 Å². The van der Waals surface area contributed by atoms with Crippen LogP contribution in [0.25, 0.3) is 11.0 Å². The Bertz CT molecular complexity index is 888. The highest BCUT2D eigenvalue weighted by Crippen LogP contribution is 2.24. The smallest absolute Gasteiger partial charge is 0.339 e. The van der Waals surface area contributed by atoms with E-state index >= 15 is 0 Å². The molecule has 1 heterocycles. The molecule has 0 aliphatic heterocycles. The second-order valence-electron chi connectivity index (χ2n) is 6.22. The molecule has 0 unspecified atom stereocenters. The molecule has 2 amide bonds. The first kappa shape index (κ1) is 20.5. The number of carbonyl (C=O) groups is 2. The average Bonchev–Trinajstić information content (AvgIpc) is 2.65. The number of hydrogen-bond acceptors (Lipinski definition) is 5. The van der Waals surface area contributed by atoms with E-state index in [2.05, 4.69) is 5.32 Å². The molecule has 27 heavy (non-hydrogen) atoms. The van der Waals surface area contributed by atoms with Gasteiger partial charge in [-0.05, 0) is 44.9 Å². The predicted octanol–water partition coefficient (Wildman–Crippen LogP) is 2.03. The molecule has 0 aliphatic carbocycles. The molecular formula is C20H26N2O5. The fraction of sp³-hybridized carbons (Fsp3) is 0.450. The van der Waals surface area contributed by atoms with Crippen molar-refractivity contribution in [2.24, 2.45) is 0 Å². The fourth-order valence-corrected chi connectivity index (χ4v) is 2.98. The van der Waals surface area contributed by atoms with Gasteiger partial charge in [-0.3, -0.25) is 9.59 Å². The van der Waals surface area contributed by atoms with Crippen LogP contribution < -0.4 is 15.7 Å². The Labute approximate surface area is 158 Å². The number of amides is 2. The fourth-order valence-electron chi connectivity index (χ4n) is 2.98. The number of aryl methyl sites for hydroxylation is 1. The number of benzene rings is 1. The molecule has 0 radical (unpaired) electrons. The number of ether oxygens (including phenoxy) is 1. The molecule has 0 atom stereocenters. The van der Waals surface area contributed by atoms with Crippen LogP contribution in [0.2, 0.25) is 0 Å². The van der Waals surface area contributed by atoms with E-state index in [-0.39, 0.29) is 31.2 Å². The van der Waals surface area contributed by atoms with Gasteiger partial charge in [0.05, 0.1) is 13.7 Å². The standard InChI is InChI=1S/C20H26N2O5/c1-5-21-18(23)12-22(6-2)19(24)10-9-16-13(3)15-8-7-14(26-4)11-17(15)27-20(16)25/h7-8,11H,5-6,9-10,12H2,1-4H3,(H,21,23). The molecular weight excluding hydrogens is 348 g/mol. The van der Waals surface area contributed by atoms with Gasteiger partial charge < -0.3 is 19.4 Å². The van der Waals surface area contributed by atoms with E-state index in [4.69, 9.17) is 9.15 Å². The van der Waals surface area contributed by atoms with E-state index in [9.17, 15) is 14.4 Å². The maximum atomic E-state index is 12.5. The lowest BCUT2D eigenvalue weighted by Crippen LogP contribution is -2.40. The van der Waals surface area contributed by atoms with Crippen LogP contribution in [-0.4, -0.2) is 43.5 Å². The summed E-state index contributed by atoms with van der Waals surface area (Å²) in [6, 6.07) is 5.31. The molecule has 146 valence electrons. The Morgan fingerprint density at radius 1 is 1.26 bits per heavy atom. The zero-order valence-corrected chi connectivity index (χ0v) is 16.3. The Balaban J connectivity index is 2.17. The van der Waals surface area contributed by atoms with Crippen LogP contribution in [0.4, 0.5) is 0 Å². The summed E-state index contributed by atoms with van der Waals surface area (Å²) in [5.74, 6) is 0.248. The zero-order chi connectivity index (χ0) is 20.0. The summed E-state index contributed by atoms with van der Waals surface area (Å²) < 4.78 is 10.6. The molecule has 1 aromatic heterocycles. The Kier molecular flexibility index (Phi) is 6.98. The van der Waals surface area contributed by atoms with Gasteiger partial charge in [0.15, 0.2) is 0 Å². The average molecular weight is 374 g/mol. The summed E-state index contributed by atoms with van der Waals surface area (Å²) in [4.78, 5) is 38.0. The minimum Gasteiger partial charge on any atom is -0.497 e. The first-order chi connectivity index (χ1) is 12.9. The van der Waals surface area contributed by atoms with Crippen molar-refractivity contribution in [3.05, 3.63) is 39.7 Å². The van der Waals surface area contributed by atoms with Crippen LogP contribution in [0.3, 0.4) is 0 Å². The number of rotatable bonds is 8. The summed E-state index contributed by atoms with van der Waals surface area (Å²) in [6.07, 6.45) is 0.404. The lowest BCUT2D eigenvalue weighted by molar-refractivity contribution is -0.135. The van der Waals surface area contributed by atoms with Gasteiger partial charge in [0.25, 0.3) is 0 Å². The highest BCUT2D eigenvalue weighted by Gasteiger charge is 2.18. The van der Waals surface area contributed by atoms with Crippen LogP contribution >= 0.6 is 0 Å². The Morgan fingerprint density at radius 2 is 2.00 bits per heavy atom. The van der Waals surface area contributed by atoms with Crippen molar-refractivity contribution in [2.75, 3.05) is 26.7 Å². The molecule has 0 fully saturated rings. The number of carbonyl (C=O) groups excluding carboxylic acids is 2. The molecule has 0 bridgehead atoms. The summed E-state index contributed by atoms with van der Waals surface area (Å²) in [7, 11) is 1.55. The minimum absolute atomic E-state index is 0.0221. The van der Waals surface area contributed by atoms with Crippen LogP contribution in [0.1, 0.15) is 31.4 Å². The molecule has 7 nitrogen and oxygen atoms in total. The lowest BCUT2D eigenvalue weighted by Gasteiger charge is -2.20. The number of fused-ring (bicyclic) bond motifs is 1. The molecule has 7 heteroatoms. The quantitative estimate of drug-likeness (QED) is 0.714. The molecule has 0 aliphatic rings. The van der Waals surface area contributed by atoms with Crippen molar-refractivity contribution >= 4 is 22.8 Å². The summed E-state index contributed by atoms with van der Waals surface area (Å²) in [6.45, 7) is 6.47. The summed E-state index contributed by atoms with van der Waals surface area (Å²) in [5, 5.41) is 3.49. The topological polar surface area (TPSA) is 88.8 Å². The maximum absolute atomic E-state index is 12.5. The molecule has 2 rings (SSSR count). The van der Waals surface area contributed by atoms with Crippen molar-refractivity contribution in [3.8, 4) is 5.75 Å².